The minimum Gasteiger partial charge on any atom is -0.482 e. The Morgan fingerprint density at radius 3 is 2.78 bits per heavy atom. The highest BCUT2D eigenvalue weighted by atomic mass is 16.5. The van der Waals surface area contributed by atoms with E-state index in [1.165, 1.54) is 31.2 Å². The molecule has 0 saturated heterocycles. The van der Waals surface area contributed by atoms with E-state index in [0.29, 0.717) is 6.04 Å². The first-order valence-electron chi connectivity index (χ1n) is 6.65. The number of aliphatic imine (C=N–C) groups is 1. The molecule has 0 bridgehead atoms. The lowest BCUT2D eigenvalue weighted by Gasteiger charge is -2.15. The molecule has 1 saturated carbocycles. The van der Waals surface area contributed by atoms with Crippen LogP contribution in [0.3, 0.4) is 0 Å². The first-order chi connectivity index (χ1) is 8.86. The van der Waals surface area contributed by atoms with Crippen LogP contribution in [-0.4, -0.2) is 18.0 Å². The van der Waals surface area contributed by atoms with Crippen molar-refractivity contribution < 1.29 is 4.74 Å². The van der Waals surface area contributed by atoms with Gasteiger partial charge < -0.3 is 10.2 Å². The lowest BCUT2D eigenvalue weighted by molar-refractivity contribution is 0.295. The number of nitrogens with two attached hydrogens (primary N) is 1. The second-order valence-electron chi connectivity index (χ2n) is 5.02. The predicted molar refractivity (Wildman–Crippen MR) is 71.6 cm³/mol. The van der Waals surface area contributed by atoms with Crippen LogP contribution in [0.25, 0.3) is 0 Å². The molecule has 1 aromatic carbocycles. The van der Waals surface area contributed by atoms with Gasteiger partial charge in [-0.05, 0) is 24.5 Å². The summed E-state index contributed by atoms with van der Waals surface area (Å²) in [6.07, 6.45) is 5.70. The fourth-order valence-corrected chi connectivity index (χ4v) is 2.78. The van der Waals surface area contributed by atoms with Crippen molar-refractivity contribution in [2.75, 3.05) is 0 Å². The van der Waals surface area contributed by atoms with Crippen LogP contribution in [0.5, 0.6) is 5.75 Å². The van der Waals surface area contributed by atoms with E-state index in [9.17, 15) is 0 Å². The van der Waals surface area contributed by atoms with Crippen LogP contribution in [0.15, 0.2) is 29.3 Å². The maximum Gasteiger partial charge on any atom is 0.161 e. The summed E-state index contributed by atoms with van der Waals surface area (Å²) in [5.74, 6) is 7.35. The average Bonchev–Trinajstić information content (AvgIpc) is 3.04. The first-order valence-corrected chi connectivity index (χ1v) is 6.65. The van der Waals surface area contributed by atoms with Gasteiger partial charge in [-0.15, -0.1) is 0 Å². The molecule has 18 heavy (non-hydrogen) atoms. The highest BCUT2D eigenvalue weighted by Crippen LogP contribution is 2.29. The third-order valence-electron chi connectivity index (χ3n) is 3.75. The lowest BCUT2D eigenvalue weighted by Crippen LogP contribution is -2.42. The number of para-hydroxylation sites is 1. The Balaban J connectivity index is 1.75. The molecule has 1 aliphatic heterocycles. The zero-order valence-electron chi connectivity index (χ0n) is 10.4. The number of hydrazine groups is 1. The van der Waals surface area contributed by atoms with Gasteiger partial charge in [0.25, 0.3) is 0 Å². The molecular weight excluding hydrogens is 226 g/mol. The number of hydrogen-bond donors (Lipinski definition) is 2. The number of nitrogens with one attached hydrogen (secondary N) is 1. The lowest BCUT2D eigenvalue weighted by atomic mass is 10.1. The molecule has 1 fully saturated rings. The zero-order valence-corrected chi connectivity index (χ0v) is 10.4. The van der Waals surface area contributed by atoms with Crippen molar-refractivity contribution in [3.63, 3.8) is 0 Å². The van der Waals surface area contributed by atoms with Crippen LogP contribution >= 0.6 is 0 Å². The monoisotopic (exact) mass is 245 g/mol. The van der Waals surface area contributed by atoms with E-state index in [0.717, 1.165) is 18.0 Å². The van der Waals surface area contributed by atoms with Gasteiger partial charge in [-0.2, -0.15) is 0 Å². The maximum absolute atomic E-state index is 5.90. The fourth-order valence-electron chi connectivity index (χ4n) is 2.78. The third kappa shape index (κ3) is 2.20. The van der Waals surface area contributed by atoms with Crippen molar-refractivity contribution in [1.82, 2.24) is 5.43 Å². The number of ether oxygens (including phenoxy) is 1. The molecule has 0 amide bonds. The van der Waals surface area contributed by atoms with E-state index in [1.807, 2.05) is 18.2 Å². The van der Waals surface area contributed by atoms with E-state index in [1.54, 1.807) is 0 Å². The molecule has 1 heterocycles. The topological polar surface area (TPSA) is 59.6 Å². The molecule has 0 aromatic heterocycles. The van der Waals surface area contributed by atoms with E-state index in [2.05, 4.69) is 11.5 Å². The molecule has 1 atom stereocenters. The maximum atomic E-state index is 5.90. The van der Waals surface area contributed by atoms with Gasteiger partial charge in [-0.1, -0.05) is 31.0 Å². The van der Waals surface area contributed by atoms with Crippen molar-refractivity contribution in [1.29, 1.82) is 0 Å². The molecule has 4 heteroatoms. The Kier molecular flexibility index (Phi) is 3.19. The highest BCUT2D eigenvalue weighted by molar-refractivity contribution is 5.87. The van der Waals surface area contributed by atoms with E-state index < -0.39 is 0 Å². The summed E-state index contributed by atoms with van der Waals surface area (Å²) >= 11 is 0. The minimum absolute atomic E-state index is 0.0481. The zero-order chi connectivity index (χ0) is 12.4. The number of benzene rings is 1. The summed E-state index contributed by atoms with van der Waals surface area (Å²) in [6, 6.07) is 8.54. The molecule has 3 rings (SSSR count). The molecule has 0 spiro atoms. The smallest absolute Gasteiger partial charge is 0.161 e. The van der Waals surface area contributed by atoms with E-state index >= 15 is 0 Å². The SMILES string of the molecule is NNC(=NC1CCCC1)C1Cc2ccccc2O1. The molecule has 3 N–H and O–H groups in total. The van der Waals surface area contributed by atoms with Gasteiger partial charge >= 0.3 is 0 Å². The summed E-state index contributed by atoms with van der Waals surface area (Å²) in [7, 11) is 0. The predicted octanol–water partition coefficient (Wildman–Crippen LogP) is 1.79. The molecule has 2 aliphatic rings. The highest BCUT2D eigenvalue weighted by Gasteiger charge is 2.27. The van der Waals surface area contributed by atoms with Crippen molar-refractivity contribution in [3.8, 4) is 5.75 Å². The molecule has 1 unspecified atom stereocenters. The van der Waals surface area contributed by atoms with Crippen LogP contribution in [0.4, 0.5) is 0 Å². The Bertz CT molecular complexity index is 427. The summed E-state index contributed by atoms with van der Waals surface area (Å²) in [5, 5.41) is 0. The van der Waals surface area contributed by atoms with Gasteiger partial charge in [0.2, 0.25) is 0 Å². The second kappa shape index (κ2) is 4.98. The van der Waals surface area contributed by atoms with Crippen LogP contribution in [0, 0.1) is 0 Å². The first kappa shape index (κ1) is 11.5. The van der Waals surface area contributed by atoms with Gasteiger partial charge in [0.05, 0.1) is 6.04 Å². The molecule has 4 nitrogen and oxygen atoms in total. The van der Waals surface area contributed by atoms with E-state index in [-0.39, 0.29) is 6.10 Å². The largest absolute Gasteiger partial charge is 0.482 e. The quantitative estimate of drug-likeness (QED) is 0.361. The minimum atomic E-state index is -0.0481. The van der Waals surface area contributed by atoms with Crippen molar-refractivity contribution in [2.24, 2.45) is 10.8 Å². The van der Waals surface area contributed by atoms with E-state index in [4.69, 9.17) is 15.6 Å². The summed E-state index contributed by atoms with van der Waals surface area (Å²) in [5.41, 5.74) is 3.96. The van der Waals surface area contributed by atoms with Gasteiger partial charge in [-0.25, -0.2) is 5.84 Å². The van der Waals surface area contributed by atoms with Crippen molar-refractivity contribution in [3.05, 3.63) is 29.8 Å². The summed E-state index contributed by atoms with van der Waals surface area (Å²) < 4.78 is 5.90. The van der Waals surface area contributed by atoms with Crippen LogP contribution in [-0.2, 0) is 6.42 Å². The fraction of sp³-hybridized carbons (Fsp3) is 0.500. The Labute approximate surface area is 107 Å². The van der Waals surface area contributed by atoms with Crippen LogP contribution in [0.1, 0.15) is 31.2 Å². The Morgan fingerprint density at radius 2 is 2.06 bits per heavy atom. The van der Waals surface area contributed by atoms with Gasteiger partial charge in [0.1, 0.15) is 5.75 Å². The summed E-state index contributed by atoms with van der Waals surface area (Å²) in [4.78, 5) is 4.71. The van der Waals surface area contributed by atoms with Crippen molar-refractivity contribution in [2.45, 2.75) is 44.2 Å². The standard InChI is InChI=1S/C14H19N3O/c15-17-14(16-11-6-2-3-7-11)13-9-10-5-1-4-8-12(10)18-13/h1,4-5,8,11,13H,2-3,6-7,9,15H2,(H,16,17). The average molecular weight is 245 g/mol. The number of fused-ring (bicyclic) bond motifs is 1. The number of amidine groups is 1. The normalized spacial score (nSPS) is 23.8. The molecular formula is C14H19N3O. The number of nitrogens with zero attached hydrogens (tertiary/aromatic N) is 1. The van der Waals surface area contributed by atoms with Crippen LogP contribution < -0.4 is 16.0 Å². The Hall–Kier alpha value is -1.55. The van der Waals surface area contributed by atoms with Gasteiger partial charge in [0, 0.05) is 6.42 Å². The number of hydrogen-bond acceptors (Lipinski definition) is 3. The van der Waals surface area contributed by atoms with Gasteiger partial charge in [-0.3, -0.25) is 4.99 Å². The molecule has 96 valence electrons. The molecule has 1 aromatic rings. The number of rotatable bonds is 2. The molecule has 0 radical (unpaired) electrons. The third-order valence-corrected chi connectivity index (χ3v) is 3.75. The van der Waals surface area contributed by atoms with Crippen LogP contribution in [0.2, 0.25) is 0 Å². The second-order valence-corrected chi connectivity index (χ2v) is 5.02. The van der Waals surface area contributed by atoms with Crippen molar-refractivity contribution >= 4 is 5.84 Å². The molecule has 1 aliphatic carbocycles. The van der Waals surface area contributed by atoms with Gasteiger partial charge in [0.15, 0.2) is 11.9 Å². The Morgan fingerprint density at radius 1 is 1.28 bits per heavy atom. The summed E-state index contributed by atoms with van der Waals surface area (Å²) in [6.45, 7) is 0.